The summed E-state index contributed by atoms with van der Waals surface area (Å²) in [6.45, 7) is 2.30. The number of anilines is 1. The molecule has 1 saturated carbocycles. The molecule has 0 radical (unpaired) electrons. The molecule has 3 heterocycles. The van der Waals surface area contributed by atoms with Crippen molar-refractivity contribution in [3.63, 3.8) is 0 Å². The van der Waals surface area contributed by atoms with Crippen LogP contribution in [-0.4, -0.2) is 40.1 Å². The number of ether oxygens (including phenoxy) is 2. The van der Waals surface area contributed by atoms with Gasteiger partial charge in [-0.2, -0.15) is 5.26 Å². The maximum Gasteiger partial charge on any atom is 0.261 e. The molecule has 3 aromatic rings. The van der Waals surface area contributed by atoms with Gasteiger partial charge in [0.15, 0.2) is 11.6 Å². The van der Waals surface area contributed by atoms with E-state index in [9.17, 15) is 14.4 Å². The summed E-state index contributed by atoms with van der Waals surface area (Å²) in [6.07, 6.45) is 8.86. The van der Waals surface area contributed by atoms with Gasteiger partial charge in [-0.3, -0.25) is 9.36 Å². The number of benzene rings is 2. The van der Waals surface area contributed by atoms with E-state index < -0.39 is 5.82 Å². The Morgan fingerprint density at radius 3 is 2.84 bits per heavy atom. The van der Waals surface area contributed by atoms with E-state index in [1.54, 1.807) is 47.1 Å². The second kappa shape index (κ2) is 10.6. The maximum atomic E-state index is 14.9. The molecule has 0 amide bonds. The molecule has 8 nitrogen and oxygen atoms in total. The van der Waals surface area contributed by atoms with E-state index in [-0.39, 0.29) is 34.3 Å². The first-order valence-electron chi connectivity index (χ1n) is 13.2. The molecule has 1 aromatic heterocycles. The molecule has 2 saturated heterocycles. The molecular formula is C28H30FN5O3S. The van der Waals surface area contributed by atoms with Crippen LogP contribution in [0, 0.1) is 17.1 Å². The van der Waals surface area contributed by atoms with Crippen molar-refractivity contribution in [2.24, 2.45) is 0 Å². The van der Waals surface area contributed by atoms with E-state index in [2.05, 4.69) is 21.1 Å². The van der Waals surface area contributed by atoms with Gasteiger partial charge in [0.1, 0.15) is 17.4 Å². The van der Waals surface area contributed by atoms with Gasteiger partial charge in [-0.1, -0.05) is 12.8 Å². The Morgan fingerprint density at radius 1 is 1.24 bits per heavy atom. The number of hydrogen-bond acceptors (Lipinski definition) is 8. The number of hydrogen-bond donors (Lipinski definition) is 2. The lowest BCUT2D eigenvalue weighted by molar-refractivity contribution is -0.0196. The van der Waals surface area contributed by atoms with Gasteiger partial charge in [-0.25, -0.2) is 9.37 Å². The topological polar surface area (TPSA) is 101 Å². The fourth-order valence-electron chi connectivity index (χ4n) is 5.79. The summed E-state index contributed by atoms with van der Waals surface area (Å²) in [4.78, 5) is 18.0. The highest BCUT2D eigenvalue weighted by atomic mass is 32.2. The standard InChI is InChI=1S/C28H30FN5O3S/c29-23-6-8-25(33-38-20-3-1-2-4-20)22(15-30)26(23)37-19-5-7-24-21(13-19)27(35)34(17-32-24)18-14-28(36-16-18)9-11-31-12-10-28/h5-8,13,17-18,20,31,33H,1-4,9-12,14,16H2. The Bertz CT molecular complexity index is 1440. The van der Waals surface area contributed by atoms with E-state index in [1.165, 1.54) is 18.9 Å². The summed E-state index contributed by atoms with van der Waals surface area (Å²) < 4.78 is 31.8. The average molecular weight is 536 g/mol. The molecule has 198 valence electrons. The van der Waals surface area contributed by atoms with Crippen molar-refractivity contribution >= 4 is 28.5 Å². The highest BCUT2D eigenvalue weighted by Gasteiger charge is 2.42. The van der Waals surface area contributed by atoms with Crippen LogP contribution < -0.4 is 20.3 Å². The predicted molar refractivity (Wildman–Crippen MR) is 145 cm³/mol. The Morgan fingerprint density at radius 2 is 2.05 bits per heavy atom. The number of fused-ring (bicyclic) bond motifs is 1. The lowest BCUT2D eigenvalue weighted by atomic mass is 9.88. The Balaban J connectivity index is 1.27. The third kappa shape index (κ3) is 4.86. The van der Waals surface area contributed by atoms with Gasteiger partial charge >= 0.3 is 0 Å². The van der Waals surface area contributed by atoms with Crippen LogP contribution in [0.15, 0.2) is 41.5 Å². The van der Waals surface area contributed by atoms with Gasteiger partial charge < -0.3 is 19.5 Å². The van der Waals surface area contributed by atoms with Crippen LogP contribution >= 0.6 is 11.9 Å². The van der Waals surface area contributed by atoms with Gasteiger partial charge in [0.25, 0.3) is 5.56 Å². The van der Waals surface area contributed by atoms with E-state index in [4.69, 9.17) is 9.47 Å². The fraction of sp³-hybridized carbons (Fsp3) is 0.464. The third-order valence-corrected chi connectivity index (χ3v) is 9.07. The first-order valence-corrected chi connectivity index (χ1v) is 14.1. The molecule has 1 spiro atoms. The number of piperidine rings is 1. The summed E-state index contributed by atoms with van der Waals surface area (Å²) in [5, 5.41) is 14.1. The molecule has 2 aliphatic heterocycles. The molecule has 1 aliphatic carbocycles. The zero-order chi connectivity index (χ0) is 26.1. The predicted octanol–water partition coefficient (Wildman–Crippen LogP) is 5.29. The van der Waals surface area contributed by atoms with Crippen molar-refractivity contribution in [2.45, 2.75) is 61.8 Å². The van der Waals surface area contributed by atoms with E-state index >= 15 is 0 Å². The molecule has 1 unspecified atom stereocenters. The van der Waals surface area contributed by atoms with Gasteiger partial charge in [-0.05, 0) is 87.5 Å². The molecule has 2 N–H and O–H groups in total. The second-order valence-electron chi connectivity index (χ2n) is 10.4. The van der Waals surface area contributed by atoms with Crippen LogP contribution in [0.3, 0.4) is 0 Å². The second-order valence-corrected chi connectivity index (χ2v) is 11.5. The van der Waals surface area contributed by atoms with Crippen molar-refractivity contribution in [3.05, 3.63) is 58.4 Å². The van der Waals surface area contributed by atoms with Crippen LogP contribution in [0.25, 0.3) is 10.9 Å². The summed E-state index contributed by atoms with van der Waals surface area (Å²) in [5.74, 6) is -0.537. The van der Waals surface area contributed by atoms with Crippen LogP contribution in [0.1, 0.15) is 56.6 Å². The van der Waals surface area contributed by atoms with Crippen molar-refractivity contribution in [1.29, 1.82) is 5.26 Å². The average Bonchev–Trinajstić information content (AvgIpc) is 3.60. The van der Waals surface area contributed by atoms with Crippen LogP contribution in [0.2, 0.25) is 0 Å². The van der Waals surface area contributed by atoms with Crippen molar-refractivity contribution in [2.75, 3.05) is 24.4 Å². The summed E-state index contributed by atoms with van der Waals surface area (Å²) >= 11 is 1.57. The Kier molecular flexibility index (Phi) is 6.99. The largest absolute Gasteiger partial charge is 0.453 e. The van der Waals surface area contributed by atoms with Crippen molar-refractivity contribution in [1.82, 2.24) is 14.9 Å². The summed E-state index contributed by atoms with van der Waals surface area (Å²) in [6, 6.07) is 9.73. The molecule has 1 atom stereocenters. The SMILES string of the molecule is N#Cc1c(NSC2CCCC2)ccc(F)c1Oc1ccc2ncn(C3COC4(CCNCC4)C3)c(=O)c2c1. The number of rotatable bonds is 6. The molecule has 3 fully saturated rings. The monoisotopic (exact) mass is 535 g/mol. The number of aromatic nitrogens is 2. The number of nitrogens with one attached hydrogen (secondary N) is 2. The number of nitrogens with zero attached hydrogens (tertiary/aromatic N) is 3. The van der Waals surface area contributed by atoms with Crippen molar-refractivity contribution < 1.29 is 13.9 Å². The smallest absolute Gasteiger partial charge is 0.261 e. The first kappa shape index (κ1) is 25.2. The molecule has 6 rings (SSSR count). The number of halogens is 1. The van der Waals surface area contributed by atoms with Gasteiger partial charge in [-0.15, -0.1) is 0 Å². The first-order chi connectivity index (χ1) is 18.5. The Labute approximate surface area is 224 Å². The molecule has 38 heavy (non-hydrogen) atoms. The fourth-order valence-corrected chi connectivity index (χ4v) is 6.83. The third-order valence-electron chi connectivity index (χ3n) is 7.93. The van der Waals surface area contributed by atoms with Crippen LogP contribution in [0.5, 0.6) is 11.5 Å². The minimum atomic E-state index is -0.642. The van der Waals surface area contributed by atoms with Gasteiger partial charge in [0.05, 0.1) is 41.2 Å². The zero-order valence-electron chi connectivity index (χ0n) is 21.0. The van der Waals surface area contributed by atoms with Crippen LogP contribution in [-0.2, 0) is 4.74 Å². The molecular weight excluding hydrogens is 505 g/mol. The molecule has 10 heteroatoms. The molecule has 3 aliphatic rings. The number of nitriles is 1. The lowest BCUT2D eigenvalue weighted by Gasteiger charge is -2.32. The molecule has 2 aromatic carbocycles. The van der Waals surface area contributed by atoms with E-state index in [0.29, 0.717) is 28.4 Å². The Hall–Kier alpha value is -3.13. The van der Waals surface area contributed by atoms with E-state index in [1.807, 2.05) is 0 Å². The highest BCUT2D eigenvalue weighted by Crippen LogP contribution is 2.39. The molecule has 0 bridgehead atoms. The minimum absolute atomic E-state index is 0.0922. The van der Waals surface area contributed by atoms with Gasteiger partial charge in [0, 0.05) is 5.25 Å². The lowest BCUT2D eigenvalue weighted by Crippen LogP contribution is -2.41. The quantitative estimate of drug-likeness (QED) is 0.411. The minimum Gasteiger partial charge on any atom is -0.453 e. The summed E-state index contributed by atoms with van der Waals surface area (Å²) in [7, 11) is 0. The van der Waals surface area contributed by atoms with Gasteiger partial charge in [0.2, 0.25) is 0 Å². The van der Waals surface area contributed by atoms with Crippen LogP contribution in [0.4, 0.5) is 10.1 Å². The summed E-state index contributed by atoms with van der Waals surface area (Å²) in [5.41, 5.74) is 0.756. The van der Waals surface area contributed by atoms with E-state index in [0.717, 1.165) is 45.2 Å². The zero-order valence-corrected chi connectivity index (χ0v) is 21.9. The normalized spacial score (nSPS) is 21.1. The maximum absolute atomic E-state index is 14.9. The van der Waals surface area contributed by atoms with Crippen molar-refractivity contribution in [3.8, 4) is 17.6 Å². The highest BCUT2D eigenvalue weighted by molar-refractivity contribution is 8.01.